The van der Waals surface area contributed by atoms with Gasteiger partial charge in [0.1, 0.15) is 54.1 Å². The Labute approximate surface area is 438 Å². The molecule has 75 heavy (non-hydrogen) atoms. The van der Waals surface area contributed by atoms with Gasteiger partial charge in [0.25, 0.3) is 0 Å². The van der Waals surface area contributed by atoms with Crippen LogP contribution in [0.4, 0.5) is 9.59 Å². The highest BCUT2D eigenvalue weighted by molar-refractivity contribution is 5.97. The molecule has 1 aromatic rings. The van der Waals surface area contributed by atoms with Gasteiger partial charge in [0.15, 0.2) is 0 Å². The number of esters is 2. The Hall–Kier alpha value is -7.01. The van der Waals surface area contributed by atoms with E-state index in [0.717, 1.165) is 12.7 Å². The largest absolute Gasteiger partial charge is 0.467 e. The molecule has 0 aromatic heterocycles. The maximum absolute atomic E-state index is 14.1. The first-order valence-electron chi connectivity index (χ1n) is 25.6. The predicted octanol–water partition coefficient (Wildman–Crippen LogP) is 1.81. The van der Waals surface area contributed by atoms with E-state index in [-0.39, 0.29) is 84.2 Å². The molecule has 0 saturated carbocycles. The molecule has 2 heterocycles. The number of unbranched alkanes of at least 4 members (excludes halogenated alkanes) is 2. The summed E-state index contributed by atoms with van der Waals surface area (Å²) >= 11 is 0. The first kappa shape index (κ1) is 62.3. The normalized spacial score (nSPS) is 18.9. The van der Waals surface area contributed by atoms with Crippen molar-refractivity contribution in [1.29, 1.82) is 0 Å². The third-order valence-electron chi connectivity index (χ3n) is 11.7. The summed E-state index contributed by atoms with van der Waals surface area (Å²) < 4.78 is 20.9. The van der Waals surface area contributed by atoms with Crippen molar-refractivity contribution in [1.82, 2.24) is 47.4 Å². The van der Waals surface area contributed by atoms with E-state index in [1.54, 1.807) is 41.5 Å². The molecule has 2 aliphatic rings. The van der Waals surface area contributed by atoms with Crippen LogP contribution in [-0.4, -0.2) is 151 Å². The fourth-order valence-electron chi connectivity index (χ4n) is 7.98. The van der Waals surface area contributed by atoms with Crippen LogP contribution in [0.3, 0.4) is 0 Å². The predicted molar refractivity (Wildman–Crippen MR) is 271 cm³/mol. The molecular weight excluding hydrogens is 979 g/mol. The number of carbonyl (C=O) groups excluding carboxylic acids is 11. The smallest absolute Gasteiger partial charge is 0.408 e. The van der Waals surface area contributed by atoms with E-state index in [0.29, 0.717) is 32.1 Å². The quantitative estimate of drug-likeness (QED) is 0.0495. The lowest BCUT2D eigenvalue weighted by Gasteiger charge is -2.30. The van der Waals surface area contributed by atoms with Crippen molar-refractivity contribution in [2.24, 2.45) is 0 Å². The van der Waals surface area contributed by atoms with Crippen LogP contribution in [0.2, 0.25) is 0 Å². The fourth-order valence-corrected chi connectivity index (χ4v) is 7.98. The number of rotatable bonds is 21. The van der Waals surface area contributed by atoms with Crippen LogP contribution in [0.5, 0.6) is 0 Å². The van der Waals surface area contributed by atoms with Crippen LogP contribution in [-0.2, 0) is 68.7 Å². The molecule has 0 bridgehead atoms. The molecule has 6 atom stereocenters. The minimum absolute atomic E-state index is 0.0336. The van der Waals surface area contributed by atoms with Gasteiger partial charge in [-0.3, -0.25) is 38.4 Å². The van der Waals surface area contributed by atoms with Crippen LogP contribution in [0.15, 0.2) is 30.3 Å². The lowest BCUT2D eigenvalue weighted by molar-refractivity contribution is -0.155. The lowest BCUT2D eigenvalue weighted by atomic mass is 10.0. The van der Waals surface area contributed by atoms with Gasteiger partial charge < -0.3 is 66.4 Å². The molecular formula is C51H79N9O15. The number of amides is 9. The van der Waals surface area contributed by atoms with Gasteiger partial charge in [-0.1, -0.05) is 36.8 Å². The van der Waals surface area contributed by atoms with Gasteiger partial charge in [0.2, 0.25) is 41.4 Å². The zero-order valence-electron chi connectivity index (χ0n) is 44.6. The third-order valence-corrected chi connectivity index (χ3v) is 11.7. The molecule has 8 N–H and O–H groups in total. The van der Waals surface area contributed by atoms with E-state index in [1.807, 2.05) is 30.3 Å². The fraction of sp³-hybridized carbons (Fsp3) is 0.667. The summed E-state index contributed by atoms with van der Waals surface area (Å²) in [6, 6.07) is 1.77. The topological polar surface area (TPSA) is 324 Å². The minimum atomic E-state index is -1.42. The summed E-state index contributed by atoms with van der Waals surface area (Å²) in [5.41, 5.74) is -0.743. The highest BCUT2D eigenvalue weighted by atomic mass is 16.6. The van der Waals surface area contributed by atoms with Crippen molar-refractivity contribution in [2.45, 2.75) is 186 Å². The third kappa shape index (κ3) is 24.3. The molecule has 0 spiro atoms. The van der Waals surface area contributed by atoms with Crippen molar-refractivity contribution in [3.05, 3.63) is 35.9 Å². The van der Waals surface area contributed by atoms with Crippen molar-refractivity contribution in [3.8, 4) is 0 Å². The number of hydrogen-bond acceptors (Lipinski definition) is 15. The SMILES string of the molecule is COC(=O)[C@H](CCCCNC(=O)OCc1ccccc1)NC(=O)[C@@H]1CCC(=O)NCC(=O)NCCC[C@H](NC(=O)[C@@H]2CCCN2C(=O)[C@H](C)NC(=O)[C@H](CCCCC(=O)OC(C)(C)C)NC(=O)OC(C)(C)C)C(=O)N1. The van der Waals surface area contributed by atoms with Gasteiger partial charge in [0.05, 0.1) is 13.7 Å². The molecule has 9 amide bonds. The number of hydrogen-bond donors (Lipinski definition) is 8. The monoisotopic (exact) mass is 1060 g/mol. The number of benzene rings is 1. The number of alkyl carbamates (subject to hydrolysis) is 2. The van der Waals surface area contributed by atoms with Gasteiger partial charge in [-0.2, -0.15) is 0 Å². The van der Waals surface area contributed by atoms with Crippen molar-refractivity contribution >= 4 is 65.5 Å². The van der Waals surface area contributed by atoms with E-state index < -0.39 is 113 Å². The Morgan fingerprint density at radius 2 is 1.43 bits per heavy atom. The zero-order chi connectivity index (χ0) is 55.7. The van der Waals surface area contributed by atoms with Crippen LogP contribution in [0.25, 0.3) is 0 Å². The summed E-state index contributed by atoms with van der Waals surface area (Å²) in [5.74, 6) is -5.99. The molecule has 2 aliphatic heterocycles. The summed E-state index contributed by atoms with van der Waals surface area (Å²) in [5, 5.41) is 20.9. The molecule has 3 rings (SSSR count). The maximum atomic E-state index is 14.1. The average molecular weight is 1060 g/mol. The van der Waals surface area contributed by atoms with Gasteiger partial charge in [-0.15, -0.1) is 0 Å². The number of ether oxygens (including phenoxy) is 4. The molecule has 24 heteroatoms. The Morgan fingerprint density at radius 3 is 2.11 bits per heavy atom. The van der Waals surface area contributed by atoms with Gasteiger partial charge in [0, 0.05) is 32.5 Å². The Morgan fingerprint density at radius 1 is 0.747 bits per heavy atom. The number of nitrogens with one attached hydrogen (secondary N) is 8. The van der Waals surface area contributed by atoms with E-state index in [1.165, 1.54) is 11.8 Å². The number of likely N-dealkylation sites (tertiary alicyclic amines) is 1. The van der Waals surface area contributed by atoms with Crippen molar-refractivity contribution < 1.29 is 71.7 Å². The molecule has 0 aliphatic carbocycles. The first-order chi connectivity index (χ1) is 35.3. The summed E-state index contributed by atoms with van der Waals surface area (Å²) in [6.45, 7) is 11.8. The van der Waals surface area contributed by atoms with Crippen molar-refractivity contribution in [3.63, 3.8) is 0 Å². The van der Waals surface area contributed by atoms with E-state index in [9.17, 15) is 52.7 Å². The molecule has 2 fully saturated rings. The minimum Gasteiger partial charge on any atom is -0.467 e. The number of methoxy groups -OCH3 is 1. The molecule has 1 aromatic carbocycles. The van der Waals surface area contributed by atoms with Gasteiger partial charge >= 0.3 is 24.1 Å². The van der Waals surface area contributed by atoms with Crippen LogP contribution in [0, 0.1) is 0 Å². The van der Waals surface area contributed by atoms with Gasteiger partial charge in [-0.25, -0.2) is 14.4 Å². The molecule has 418 valence electrons. The summed E-state index contributed by atoms with van der Waals surface area (Å²) in [7, 11) is 1.14. The first-order valence-corrected chi connectivity index (χ1v) is 25.6. The van der Waals surface area contributed by atoms with Gasteiger partial charge in [-0.05, 0) is 118 Å². The highest BCUT2D eigenvalue weighted by Gasteiger charge is 2.39. The lowest BCUT2D eigenvalue weighted by Crippen LogP contribution is -2.59. The van der Waals surface area contributed by atoms with Crippen LogP contribution >= 0.6 is 0 Å². The van der Waals surface area contributed by atoms with Crippen LogP contribution < -0.4 is 42.5 Å². The Balaban J connectivity index is 1.70. The second-order valence-electron chi connectivity index (χ2n) is 20.4. The maximum Gasteiger partial charge on any atom is 0.408 e. The van der Waals surface area contributed by atoms with Crippen molar-refractivity contribution in [2.75, 3.05) is 33.3 Å². The highest BCUT2D eigenvalue weighted by Crippen LogP contribution is 2.20. The summed E-state index contributed by atoms with van der Waals surface area (Å²) in [6.07, 6.45) is 0.290. The standard InChI is InChI=1S/C51H79N9O15/c1-32(55-42(64)35(59-49(71)75-51(5,6)7)20-12-13-24-41(63)74-50(2,3)4)46(68)60-29-17-23-38(60)45(67)57-34-22-16-28-52-40(62)30-54-39(61)26-25-36(56-43(34)65)44(66)58-37(47(69)72-8)21-14-15-27-53-48(70)73-31-33-18-10-9-11-19-33/h9-11,18-19,32,34-38H,12-17,20-31H2,1-8H3,(H,52,62)(H,53,70)(H,54,61)(H,55,64)(H,56,65)(H,57,67)(H,58,66)(H,59,71)/t32-,34-,35-,36-,37-,38-/m0/s1. The number of nitrogens with zero attached hydrogens (tertiary/aromatic N) is 1. The Bertz CT molecular complexity index is 2130. The summed E-state index contributed by atoms with van der Waals surface area (Å²) in [4.78, 5) is 147. The zero-order valence-corrected chi connectivity index (χ0v) is 44.6. The molecule has 0 radical (unpaired) electrons. The number of carbonyl (C=O) groups is 11. The average Bonchev–Trinajstić information content (AvgIpc) is 3.84. The van der Waals surface area contributed by atoms with E-state index in [2.05, 4.69) is 42.5 Å². The molecule has 0 unspecified atom stereocenters. The van der Waals surface area contributed by atoms with E-state index >= 15 is 0 Å². The Kier molecular flexibility index (Phi) is 25.8. The molecule has 24 nitrogen and oxygen atoms in total. The van der Waals surface area contributed by atoms with Crippen LogP contribution in [0.1, 0.15) is 138 Å². The van der Waals surface area contributed by atoms with E-state index in [4.69, 9.17) is 18.9 Å². The second kappa shape index (κ2) is 31.0. The second-order valence-corrected chi connectivity index (χ2v) is 20.4. The molecule has 2 saturated heterocycles.